The Kier molecular flexibility index (Phi) is 45.0. The molecule has 0 amide bonds. The molecule has 121 heavy (non-hydrogen) atoms. The highest BCUT2D eigenvalue weighted by Crippen LogP contribution is 2.35. The number of sulfone groups is 1. The Morgan fingerprint density at radius 2 is 0.545 bits per heavy atom. The number of hydrogen-bond acceptors (Lipinski definition) is 14. The first-order chi connectivity index (χ1) is 57.7. The maximum Gasteiger partial charge on any atom is 0.345 e. The van der Waals surface area contributed by atoms with Gasteiger partial charge in [-0.25, -0.2) is 32.4 Å². The van der Waals surface area contributed by atoms with Crippen LogP contribution in [0.5, 0.6) is 28.7 Å². The van der Waals surface area contributed by atoms with Crippen molar-refractivity contribution in [3.8, 4) is 28.7 Å². The molecule has 35 heteroatoms. The van der Waals surface area contributed by atoms with Gasteiger partial charge in [0.15, 0.2) is 39.2 Å². The minimum absolute atomic E-state index is 0.00802. The molecule has 0 saturated carbocycles. The molecule has 1 atom stereocenters. The van der Waals surface area contributed by atoms with Crippen LogP contribution in [0.2, 0.25) is 0 Å². The highest BCUT2D eigenvalue weighted by atomic mass is 127. The fourth-order valence-electron chi connectivity index (χ4n) is 11.1. The van der Waals surface area contributed by atoms with Crippen LogP contribution in [0.15, 0.2) is 242 Å². The van der Waals surface area contributed by atoms with Gasteiger partial charge in [0, 0.05) is 109 Å². The monoisotopic (exact) mass is 3440 g/mol. The lowest BCUT2D eigenvalue weighted by atomic mass is 10.2. The van der Waals surface area contributed by atoms with Crippen LogP contribution in [0.25, 0.3) is 0 Å². The fourth-order valence-corrected chi connectivity index (χ4v) is 35.6. The predicted molar refractivity (Wildman–Crippen MR) is 627 cm³/mol. The SMILES string of the molecule is C[S+](C)c1ccc(OC(=O)c2c(I)ccc(I)c2I)cc1.C[S+](c1ccccc1)c1ccc(OC(=O)c2c(I)ccc(I)c2I)cc1.O=C(Oc1ccc([S+]2CCOCC2)cc1)c1c(I)ccc(I)c1I.O=C(Oc1ccc([S+]2CCS(=O)(=O)CC2)cc1)c1c(I)ccc(I)c1I.O=C(Oc1ccc([S+]2CCSCC2)cc1)c1c(I)ccc(I)c1I. The van der Waals surface area contributed by atoms with Crippen molar-refractivity contribution in [1.82, 2.24) is 0 Å². The number of esters is 5. The third-order valence-electron chi connectivity index (χ3n) is 17.5. The molecule has 3 heterocycles. The molecule has 0 aliphatic carbocycles. The van der Waals surface area contributed by atoms with E-state index in [1.54, 1.807) is 12.1 Å². The zero-order valence-corrected chi connectivity index (χ0v) is 102. The molecule has 0 bridgehead atoms. The van der Waals surface area contributed by atoms with Crippen LogP contribution in [0, 0.1) is 53.6 Å². The largest absolute Gasteiger partial charge is 0.423 e. The van der Waals surface area contributed by atoms with E-state index in [4.69, 9.17) is 28.4 Å². The number of halogens is 15. The van der Waals surface area contributed by atoms with Crippen molar-refractivity contribution in [1.29, 1.82) is 0 Å². The van der Waals surface area contributed by atoms with E-state index < -0.39 is 9.84 Å². The summed E-state index contributed by atoms with van der Waals surface area (Å²) in [5.41, 5.74) is 3.14. The van der Waals surface area contributed by atoms with E-state index in [9.17, 15) is 32.4 Å². The lowest BCUT2D eigenvalue weighted by Crippen LogP contribution is -2.32. The molecule has 14 rings (SSSR count). The van der Waals surface area contributed by atoms with Crippen molar-refractivity contribution in [3.63, 3.8) is 0 Å². The molecule has 13 nitrogen and oxygen atoms in total. The molecule has 11 aromatic carbocycles. The average Bonchev–Trinajstić information content (AvgIpc) is 0.822. The van der Waals surface area contributed by atoms with Gasteiger partial charge in [-0.2, -0.15) is 11.8 Å². The fraction of sp³-hybridized carbons (Fsp3) is 0.174. The van der Waals surface area contributed by atoms with Gasteiger partial charge in [-0.1, -0.05) is 18.2 Å². The lowest BCUT2D eigenvalue weighted by Gasteiger charge is -2.14. The van der Waals surface area contributed by atoms with Gasteiger partial charge in [-0.15, -0.1) is 0 Å². The molecule has 3 fully saturated rings. The second-order valence-electron chi connectivity index (χ2n) is 25.6. The summed E-state index contributed by atoms with van der Waals surface area (Å²) >= 11 is 35.0. The van der Waals surface area contributed by atoms with Crippen LogP contribution in [0.3, 0.4) is 0 Å². The van der Waals surface area contributed by atoms with E-state index >= 15 is 0 Å². The van der Waals surface area contributed by atoms with Crippen LogP contribution in [0.4, 0.5) is 0 Å². The van der Waals surface area contributed by atoms with Crippen molar-refractivity contribution < 1.29 is 60.8 Å². The summed E-state index contributed by atoms with van der Waals surface area (Å²) in [6.45, 7) is 1.67. The second kappa shape index (κ2) is 52.0. The zero-order valence-electron chi connectivity index (χ0n) is 63.5. The highest BCUT2D eigenvalue weighted by molar-refractivity contribution is 14.1. The normalized spacial score (nSPS) is 14.1. The molecule has 0 radical (unpaired) electrons. The number of ether oxygens (including phenoxy) is 6. The molecule has 11 aromatic rings. The van der Waals surface area contributed by atoms with Gasteiger partial charge in [0.2, 0.25) is 0 Å². The van der Waals surface area contributed by atoms with Crippen LogP contribution < -0.4 is 23.7 Å². The molecular weight excluding hydrogens is 3370 g/mol. The zero-order chi connectivity index (χ0) is 87.4. The summed E-state index contributed by atoms with van der Waals surface area (Å²) in [6, 6.07) is 69.1. The molecule has 3 aliphatic rings. The van der Waals surface area contributed by atoms with Gasteiger partial charge in [-0.05, 0) is 533 Å². The maximum absolute atomic E-state index is 12.6. The Morgan fingerprint density at radius 3 is 0.826 bits per heavy atom. The summed E-state index contributed by atoms with van der Waals surface area (Å²) in [4.78, 5) is 70.3. The summed E-state index contributed by atoms with van der Waals surface area (Å²) in [6.07, 6.45) is 6.53. The lowest BCUT2D eigenvalue weighted by molar-refractivity contribution is 0.0722. The molecule has 0 spiro atoms. The van der Waals surface area contributed by atoms with E-state index in [0.29, 0.717) is 79.0 Å². The summed E-state index contributed by atoms with van der Waals surface area (Å²) in [7, 11) is -2.08. The van der Waals surface area contributed by atoms with Crippen LogP contribution in [-0.4, -0.2) is 128 Å². The number of benzene rings is 11. The van der Waals surface area contributed by atoms with Gasteiger partial charge < -0.3 is 28.4 Å². The molecule has 1 unspecified atom stereocenters. The first-order valence-electron chi connectivity index (χ1n) is 35.7. The van der Waals surface area contributed by atoms with Crippen molar-refractivity contribution in [2.75, 3.05) is 89.5 Å². The Bertz CT molecular complexity index is 5480. The Hall–Kier alpha value is 1.73. The molecule has 3 aliphatic heterocycles. The summed E-state index contributed by atoms with van der Waals surface area (Å²) in [5, 5.41) is 0. The van der Waals surface area contributed by atoms with Crippen LogP contribution in [0.1, 0.15) is 51.8 Å². The van der Waals surface area contributed by atoms with Gasteiger partial charge in [0.05, 0.1) is 63.4 Å². The van der Waals surface area contributed by atoms with Gasteiger partial charge in [0.25, 0.3) is 0 Å². The number of carbonyl (C=O) groups is 5. The Labute approximate surface area is 929 Å². The molecule has 632 valence electrons. The second-order valence-corrected chi connectivity index (χ2v) is 57.0. The minimum Gasteiger partial charge on any atom is -0.423 e. The molecule has 0 N–H and O–H groups in total. The van der Waals surface area contributed by atoms with Gasteiger partial charge >= 0.3 is 29.8 Å². The standard InChI is InChI=1S/C20H14I3O2S.C17H14I3O4S2.C17H14I3O3S.C17H14I3O2S2.C15H12I3O2S/c1-26(14-5-3-2-4-6-14)15-9-7-13(8-10-15)25-20(24)18-16(21)11-12-17(22)19(18)23;18-13-5-6-14(19)16(20)15(13)17(21)24-11-1-3-12(4-2-11)25-7-9-26(22,23)10-8-25;18-13-5-6-14(19)16(20)15(13)17(21)23-11-1-3-12(4-2-11)24-9-7-22-8-10-24;18-13-5-6-14(19)16(20)15(13)17(21)22-11-1-3-12(4-2-11)24-9-7-23-8-10-24;1-21(2)10-5-3-9(4-6-10)20-15(19)13-11(16)7-8-12(17)14(13)18/h2-12H,1H3;1-6H,7-10H2;2*1-6H,7-10H2;3-8H,1-2H3/q5*+1. The maximum atomic E-state index is 12.6. The smallest absolute Gasteiger partial charge is 0.345 e. The van der Waals surface area contributed by atoms with E-state index in [2.05, 4.69) is 406 Å². The highest BCUT2D eigenvalue weighted by Gasteiger charge is 2.34. The van der Waals surface area contributed by atoms with E-state index in [0.717, 1.165) is 83.2 Å². The van der Waals surface area contributed by atoms with E-state index in [1.165, 1.54) is 47.5 Å². The van der Waals surface area contributed by atoms with Crippen LogP contribution >= 0.6 is 351 Å². The first kappa shape index (κ1) is 105. The Morgan fingerprint density at radius 1 is 0.306 bits per heavy atom. The topological polar surface area (TPSA) is 175 Å². The first-order valence-corrected chi connectivity index (χ1v) is 63.2. The molecular formula is C86H68I15O13S7+5. The summed E-state index contributed by atoms with van der Waals surface area (Å²) < 4.78 is 70.7. The quantitative estimate of drug-likeness (QED) is 0.0294. The average molecular weight is 3440 g/mol. The molecule has 0 aromatic heterocycles. The van der Waals surface area contributed by atoms with Crippen molar-refractivity contribution >= 4 is 445 Å². The number of carbonyl (C=O) groups excluding carboxylic acids is 5. The van der Waals surface area contributed by atoms with Crippen LogP contribution in [-0.2, 0) is 69.0 Å². The summed E-state index contributed by atoms with van der Waals surface area (Å²) in [5.74, 6) is 10.4. The number of thioether (sulfide) groups is 1. The predicted octanol–water partition coefficient (Wildman–Crippen LogP) is 25.6. The Balaban J connectivity index is 0.000000159. The van der Waals surface area contributed by atoms with E-state index in [1.807, 2.05) is 163 Å². The minimum atomic E-state index is -2.85. The number of rotatable bonds is 16. The third kappa shape index (κ3) is 31.1. The van der Waals surface area contributed by atoms with Gasteiger partial charge in [-0.3, -0.25) is 0 Å². The van der Waals surface area contributed by atoms with Crippen molar-refractivity contribution in [3.05, 3.63) is 294 Å². The number of hydrogen-bond donors (Lipinski definition) is 0. The molecule has 3 saturated heterocycles. The van der Waals surface area contributed by atoms with Crippen molar-refractivity contribution in [2.24, 2.45) is 0 Å². The van der Waals surface area contributed by atoms with Crippen molar-refractivity contribution in [2.45, 2.75) is 29.4 Å². The van der Waals surface area contributed by atoms with Gasteiger partial charge in [0.1, 0.15) is 82.0 Å². The van der Waals surface area contributed by atoms with E-state index in [-0.39, 0.29) is 84.9 Å². The third-order valence-corrected chi connectivity index (χ3v) is 51.0.